The number of nitrogens with one attached hydrogen (secondary N) is 1. The van der Waals surface area contributed by atoms with E-state index in [1.807, 2.05) is 6.92 Å². The van der Waals surface area contributed by atoms with Crippen LogP contribution in [-0.2, 0) is 28.5 Å². The summed E-state index contributed by atoms with van der Waals surface area (Å²) < 4.78 is 68.7. The van der Waals surface area contributed by atoms with E-state index in [0.717, 1.165) is 13.0 Å². The van der Waals surface area contributed by atoms with Gasteiger partial charge in [-0.15, -0.1) is 0 Å². The fourth-order valence-electron chi connectivity index (χ4n) is 3.17. The van der Waals surface area contributed by atoms with Gasteiger partial charge in [0.15, 0.2) is 0 Å². The molecule has 0 saturated carbocycles. The van der Waals surface area contributed by atoms with Crippen LogP contribution in [0.5, 0.6) is 0 Å². The third-order valence-corrected chi connectivity index (χ3v) is 4.73. The second kappa shape index (κ2) is 10.4. The van der Waals surface area contributed by atoms with E-state index in [2.05, 4.69) is 15.4 Å². The van der Waals surface area contributed by atoms with Crippen LogP contribution in [0.1, 0.15) is 52.3 Å². The maximum absolute atomic E-state index is 14.4. The number of aromatic nitrogens is 3. The fourth-order valence-corrected chi connectivity index (χ4v) is 3.54. The first-order valence-electron chi connectivity index (χ1n) is 9.58. The maximum atomic E-state index is 14.4. The SMILES string of the molecule is CCc1nn(CC)c(-c2cnc(NC(C)(C)CC(F)(F)F)cc2C(C)(F)F)c1Cl.O=C=O. The average molecular weight is 483 g/mol. The molecule has 0 aliphatic rings. The Balaban J connectivity index is 0.00000161. The Kier molecular flexibility index (Phi) is 8.94. The number of hydrogen-bond donors (Lipinski definition) is 1. The molecule has 0 spiro atoms. The summed E-state index contributed by atoms with van der Waals surface area (Å²) in [5.74, 6) is -3.35. The molecule has 2 rings (SSSR count). The smallest absolute Gasteiger partial charge is 0.365 e. The molecule has 2 aromatic heterocycles. The number of nitrogens with zero attached hydrogens (tertiary/aromatic N) is 3. The number of rotatable bonds is 7. The molecular formula is C20H24ClF5N4O2. The summed E-state index contributed by atoms with van der Waals surface area (Å²) in [5.41, 5.74) is -0.836. The van der Waals surface area contributed by atoms with Crippen molar-refractivity contribution in [3.8, 4) is 11.3 Å². The lowest BCUT2D eigenvalue weighted by atomic mass is 9.98. The summed E-state index contributed by atoms with van der Waals surface area (Å²) in [6.07, 6.45) is -3.58. The molecule has 32 heavy (non-hydrogen) atoms. The third-order valence-electron chi connectivity index (χ3n) is 4.34. The number of anilines is 1. The van der Waals surface area contributed by atoms with Crippen molar-refractivity contribution in [2.45, 2.75) is 71.6 Å². The van der Waals surface area contributed by atoms with Gasteiger partial charge in [0.2, 0.25) is 0 Å². The van der Waals surface area contributed by atoms with E-state index in [1.54, 1.807) is 6.92 Å². The van der Waals surface area contributed by atoms with Gasteiger partial charge >= 0.3 is 12.3 Å². The number of alkyl halides is 5. The highest BCUT2D eigenvalue weighted by molar-refractivity contribution is 6.33. The first-order valence-corrected chi connectivity index (χ1v) is 9.96. The van der Waals surface area contributed by atoms with Crippen molar-refractivity contribution in [1.29, 1.82) is 0 Å². The van der Waals surface area contributed by atoms with E-state index < -0.39 is 29.6 Å². The monoisotopic (exact) mass is 482 g/mol. The van der Waals surface area contributed by atoms with E-state index in [1.165, 1.54) is 24.7 Å². The number of hydrogen-bond acceptors (Lipinski definition) is 5. The van der Waals surface area contributed by atoms with Gasteiger partial charge in [-0.3, -0.25) is 4.68 Å². The molecule has 0 aliphatic carbocycles. The molecule has 1 N–H and O–H groups in total. The van der Waals surface area contributed by atoms with Gasteiger partial charge in [0.25, 0.3) is 5.92 Å². The lowest BCUT2D eigenvalue weighted by molar-refractivity contribution is -0.191. The van der Waals surface area contributed by atoms with E-state index >= 15 is 0 Å². The van der Waals surface area contributed by atoms with Gasteiger partial charge in [-0.1, -0.05) is 18.5 Å². The van der Waals surface area contributed by atoms with Crippen LogP contribution in [0.3, 0.4) is 0 Å². The average Bonchev–Trinajstić information content (AvgIpc) is 2.95. The molecule has 2 heterocycles. The lowest BCUT2D eigenvalue weighted by Crippen LogP contribution is -2.36. The van der Waals surface area contributed by atoms with Crippen molar-refractivity contribution in [1.82, 2.24) is 14.8 Å². The highest BCUT2D eigenvalue weighted by Crippen LogP contribution is 2.41. The van der Waals surface area contributed by atoms with Gasteiger partial charge in [-0.25, -0.2) is 13.8 Å². The molecule has 12 heteroatoms. The number of carbonyl (C=O) groups excluding carboxylic acids is 2. The molecule has 0 unspecified atom stereocenters. The molecule has 178 valence electrons. The largest absolute Gasteiger partial charge is 0.391 e. The van der Waals surface area contributed by atoms with Crippen LogP contribution in [-0.4, -0.2) is 32.6 Å². The van der Waals surface area contributed by atoms with Crippen LogP contribution in [0.4, 0.5) is 27.8 Å². The second-order valence-electron chi connectivity index (χ2n) is 7.67. The zero-order chi connectivity index (χ0) is 24.9. The first-order chi connectivity index (χ1) is 14.6. The molecule has 0 bridgehead atoms. The highest BCUT2D eigenvalue weighted by Gasteiger charge is 2.37. The second-order valence-corrected chi connectivity index (χ2v) is 8.04. The van der Waals surface area contributed by atoms with Crippen LogP contribution in [0.2, 0.25) is 5.02 Å². The topological polar surface area (TPSA) is 76.9 Å². The summed E-state index contributed by atoms with van der Waals surface area (Å²) in [6, 6.07) is 1.07. The summed E-state index contributed by atoms with van der Waals surface area (Å²) in [7, 11) is 0. The van der Waals surface area contributed by atoms with Crippen LogP contribution in [0, 0.1) is 0 Å². The number of pyridine rings is 1. The van der Waals surface area contributed by atoms with E-state index in [4.69, 9.17) is 21.2 Å². The molecule has 0 amide bonds. The fraction of sp³-hybridized carbons (Fsp3) is 0.550. The molecule has 2 aromatic rings. The van der Waals surface area contributed by atoms with Crippen LogP contribution < -0.4 is 5.32 Å². The molecule has 0 aromatic carbocycles. The zero-order valence-electron chi connectivity index (χ0n) is 18.2. The normalized spacial score (nSPS) is 12.1. The molecule has 0 aliphatic heterocycles. The summed E-state index contributed by atoms with van der Waals surface area (Å²) in [4.78, 5) is 20.3. The third kappa shape index (κ3) is 7.27. The zero-order valence-corrected chi connectivity index (χ0v) is 19.0. The molecular weight excluding hydrogens is 459 g/mol. The summed E-state index contributed by atoms with van der Waals surface area (Å²) in [5, 5.41) is 7.21. The van der Waals surface area contributed by atoms with Crippen molar-refractivity contribution in [3.05, 3.63) is 28.5 Å². The Morgan fingerprint density at radius 1 is 1.12 bits per heavy atom. The van der Waals surface area contributed by atoms with E-state index in [0.29, 0.717) is 24.4 Å². The predicted molar refractivity (Wildman–Crippen MR) is 108 cm³/mol. The highest BCUT2D eigenvalue weighted by atomic mass is 35.5. The van der Waals surface area contributed by atoms with Crippen molar-refractivity contribution in [2.24, 2.45) is 0 Å². The minimum Gasteiger partial charge on any atom is -0.365 e. The summed E-state index contributed by atoms with van der Waals surface area (Å²) >= 11 is 6.39. The molecule has 6 nitrogen and oxygen atoms in total. The lowest BCUT2D eigenvalue weighted by Gasteiger charge is -2.28. The molecule has 0 radical (unpaired) electrons. The van der Waals surface area contributed by atoms with Crippen LogP contribution in [0.25, 0.3) is 11.3 Å². The van der Waals surface area contributed by atoms with E-state index in [9.17, 15) is 22.0 Å². The van der Waals surface area contributed by atoms with Gasteiger partial charge in [0.1, 0.15) is 5.82 Å². The van der Waals surface area contributed by atoms with Gasteiger partial charge in [0.05, 0.1) is 22.8 Å². The summed E-state index contributed by atoms with van der Waals surface area (Å²) in [6.45, 7) is 7.44. The minimum absolute atomic E-state index is 0.0751. The number of aryl methyl sites for hydroxylation is 2. The molecule has 0 fully saturated rings. The van der Waals surface area contributed by atoms with Crippen LogP contribution in [0.15, 0.2) is 12.3 Å². The first kappa shape index (κ1) is 27.5. The van der Waals surface area contributed by atoms with Gasteiger partial charge in [-0.2, -0.15) is 27.9 Å². The van der Waals surface area contributed by atoms with Gasteiger partial charge in [-0.05, 0) is 33.3 Å². The van der Waals surface area contributed by atoms with Crippen molar-refractivity contribution >= 4 is 23.6 Å². The maximum Gasteiger partial charge on any atom is 0.391 e. The van der Waals surface area contributed by atoms with Crippen molar-refractivity contribution in [2.75, 3.05) is 5.32 Å². The quantitative estimate of drug-likeness (QED) is 0.501. The Bertz CT molecular complexity index is 962. The minimum atomic E-state index is -4.41. The van der Waals surface area contributed by atoms with E-state index in [-0.39, 0.29) is 22.6 Å². The van der Waals surface area contributed by atoms with Crippen molar-refractivity contribution < 1.29 is 31.5 Å². The molecule has 0 saturated heterocycles. The Morgan fingerprint density at radius 3 is 2.12 bits per heavy atom. The number of halogens is 6. The van der Waals surface area contributed by atoms with Crippen LogP contribution >= 0.6 is 11.6 Å². The Labute approximate surface area is 187 Å². The van der Waals surface area contributed by atoms with Gasteiger partial charge < -0.3 is 5.32 Å². The predicted octanol–water partition coefficient (Wildman–Crippen LogP) is 5.85. The molecule has 0 atom stereocenters. The van der Waals surface area contributed by atoms with Gasteiger partial charge in [0, 0.05) is 36.3 Å². The standard InChI is InChI=1S/C19H24ClF5N4.CO2/c1-6-13-15(20)16(29(7-2)28-13)11-9-26-14(8-12(11)18(5,21)22)27-17(3,4)10-19(23,24)25;2-1-3/h8-9H,6-7,10H2,1-5H3,(H,26,27);. The Morgan fingerprint density at radius 2 is 1.69 bits per heavy atom. The van der Waals surface area contributed by atoms with Crippen molar-refractivity contribution in [3.63, 3.8) is 0 Å². The Hall–Kier alpha value is -2.52.